The van der Waals surface area contributed by atoms with Gasteiger partial charge in [-0.05, 0) is 89.2 Å². The molecule has 0 saturated heterocycles. The summed E-state index contributed by atoms with van der Waals surface area (Å²) in [6.45, 7) is 68.7. The first-order valence-corrected chi connectivity index (χ1v) is 27.2. The van der Waals surface area contributed by atoms with E-state index in [1.807, 2.05) is 129 Å². The van der Waals surface area contributed by atoms with Crippen LogP contribution in [0.2, 0.25) is 0 Å². The Kier molecular flexibility index (Phi) is 68.7. The topological polar surface area (TPSA) is 21.3 Å². The van der Waals surface area contributed by atoms with Crippen molar-refractivity contribution in [1.82, 2.24) is 5.32 Å². The molecule has 1 N–H and O–H groups in total. The summed E-state index contributed by atoms with van der Waals surface area (Å²) in [6.07, 6.45) is 17.3. The standard InChI is InChI=1S/C11H20.C10H19N.C10H18O.C10H18S.8C2H6/c1-8(2)10-6-5-7-11(10)9(3)4;3*1-7(2)9-5-6-11-10(9)8(3)4;8*1-2/h5-6,8-11H,7H2,1-4H3;5-11H,1-4H3;2*5-10H,1-4H3;8*1-2H3. The van der Waals surface area contributed by atoms with Crippen molar-refractivity contribution in [2.45, 2.75) is 245 Å². The second kappa shape index (κ2) is 54.0. The van der Waals surface area contributed by atoms with E-state index in [0.29, 0.717) is 29.9 Å². The first-order valence-electron chi connectivity index (χ1n) is 26.2. The average Bonchev–Trinajstić information content (AvgIpc) is 4.11. The van der Waals surface area contributed by atoms with Gasteiger partial charge in [-0.1, -0.05) is 246 Å². The molecule has 0 fully saturated rings. The number of thioether (sulfide) groups is 1. The van der Waals surface area contributed by atoms with E-state index in [-0.39, 0.29) is 0 Å². The van der Waals surface area contributed by atoms with Gasteiger partial charge in [0.05, 0.1) is 6.26 Å². The molecule has 0 spiro atoms. The number of hydrogen-bond acceptors (Lipinski definition) is 3. The lowest BCUT2D eigenvalue weighted by molar-refractivity contribution is 0.0744. The third-order valence-electron chi connectivity index (χ3n) is 10.1. The van der Waals surface area contributed by atoms with Crippen molar-refractivity contribution in [2.24, 2.45) is 76.9 Å². The van der Waals surface area contributed by atoms with Gasteiger partial charge in [-0.3, -0.25) is 0 Å². The predicted molar refractivity (Wildman–Crippen MR) is 291 cm³/mol. The Balaban J connectivity index is -0.0000000898. The van der Waals surface area contributed by atoms with Crippen LogP contribution in [0.15, 0.2) is 48.3 Å². The number of hydrogen-bond donors (Lipinski definition) is 1. The van der Waals surface area contributed by atoms with Crippen LogP contribution in [0.5, 0.6) is 0 Å². The molecule has 0 saturated carbocycles. The molecular weight excluding hydrogens is 747 g/mol. The normalized spacial score (nSPS) is 23.1. The van der Waals surface area contributed by atoms with Crippen LogP contribution in [0.3, 0.4) is 0 Å². The van der Waals surface area contributed by atoms with E-state index in [4.69, 9.17) is 4.74 Å². The Labute approximate surface area is 390 Å². The Morgan fingerprint density at radius 2 is 0.833 bits per heavy atom. The molecule has 0 amide bonds. The quantitative estimate of drug-likeness (QED) is 0.246. The zero-order valence-electron chi connectivity index (χ0n) is 47.9. The summed E-state index contributed by atoms with van der Waals surface area (Å²) in [7, 11) is 0. The lowest BCUT2D eigenvalue weighted by Crippen LogP contribution is -2.34. The second-order valence-corrected chi connectivity index (χ2v) is 17.6. The van der Waals surface area contributed by atoms with Crippen molar-refractivity contribution in [2.75, 3.05) is 0 Å². The molecule has 60 heavy (non-hydrogen) atoms. The van der Waals surface area contributed by atoms with Crippen LogP contribution in [0.4, 0.5) is 0 Å². The van der Waals surface area contributed by atoms with Crippen LogP contribution >= 0.6 is 11.8 Å². The summed E-state index contributed by atoms with van der Waals surface area (Å²) >= 11 is 2.01. The van der Waals surface area contributed by atoms with Gasteiger partial charge in [0, 0.05) is 23.1 Å². The molecule has 0 aromatic carbocycles. The maximum atomic E-state index is 5.51. The van der Waals surface area contributed by atoms with Crippen LogP contribution in [-0.2, 0) is 4.74 Å². The Hall–Kier alpha value is -1.09. The fourth-order valence-corrected chi connectivity index (χ4v) is 8.52. The van der Waals surface area contributed by atoms with Crippen LogP contribution in [0.1, 0.15) is 228 Å². The SMILES string of the molecule is CC.CC.CC.CC.CC.CC.CC.CC.CC(C)C1C=CCC1C(C)C.CC(C)C1C=CNC1C(C)C.CC(C)C1C=COC1C(C)C.CC(C)C1C=CSC1C(C)C. The van der Waals surface area contributed by atoms with E-state index in [1.165, 1.54) is 6.42 Å². The maximum absolute atomic E-state index is 5.51. The molecule has 8 unspecified atom stereocenters. The van der Waals surface area contributed by atoms with Gasteiger partial charge in [0.1, 0.15) is 6.10 Å². The number of allylic oxidation sites excluding steroid dienone is 3. The smallest absolute Gasteiger partial charge is 0.107 e. The molecule has 4 rings (SSSR count). The second-order valence-electron chi connectivity index (χ2n) is 16.5. The van der Waals surface area contributed by atoms with Crippen molar-refractivity contribution in [3.8, 4) is 0 Å². The molecule has 0 bridgehead atoms. The number of nitrogens with one attached hydrogen (secondary N) is 1. The molecule has 1 aliphatic carbocycles. The van der Waals surface area contributed by atoms with E-state index < -0.39 is 0 Å². The molecule has 0 aromatic heterocycles. The highest BCUT2D eigenvalue weighted by Gasteiger charge is 2.30. The Bertz CT molecular complexity index is 734. The first-order chi connectivity index (χ1) is 28.5. The van der Waals surface area contributed by atoms with Gasteiger partial charge in [0.2, 0.25) is 0 Å². The van der Waals surface area contributed by atoms with Gasteiger partial charge in [-0.2, -0.15) is 0 Å². The molecule has 0 radical (unpaired) electrons. The molecular formula is C57H123NOS. The third-order valence-corrected chi connectivity index (χ3v) is 11.6. The fraction of sp³-hybridized carbons (Fsp3) is 0.860. The van der Waals surface area contributed by atoms with Crippen molar-refractivity contribution < 1.29 is 4.74 Å². The number of rotatable bonds is 8. The van der Waals surface area contributed by atoms with Gasteiger partial charge in [0.25, 0.3) is 0 Å². The summed E-state index contributed by atoms with van der Waals surface area (Å²) in [4.78, 5) is 0. The van der Waals surface area contributed by atoms with Crippen LogP contribution in [-0.4, -0.2) is 17.4 Å². The van der Waals surface area contributed by atoms with E-state index in [0.717, 1.165) is 64.4 Å². The molecule has 368 valence electrons. The molecule has 0 aromatic rings. The van der Waals surface area contributed by atoms with Crippen molar-refractivity contribution in [3.63, 3.8) is 0 Å². The van der Waals surface area contributed by atoms with Gasteiger partial charge in [-0.25, -0.2) is 0 Å². The molecule has 2 nitrogen and oxygen atoms in total. The lowest BCUT2D eigenvalue weighted by Gasteiger charge is -2.26. The van der Waals surface area contributed by atoms with E-state index in [2.05, 4.69) is 158 Å². The minimum Gasteiger partial charge on any atom is -0.497 e. The fourth-order valence-electron chi connectivity index (χ4n) is 7.17. The minimum atomic E-state index is 0.412. The summed E-state index contributed by atoms with van der Waals surface area (Å²) in [5, 5.41) is 6.51. The van der Waals surface area contributed by atoms with E-state index in [1.54, 1.807) is 0 Å². The van der Waals surface area contributed by atoms with Crippen LogP contribution in [0.25, 0.3) is 0 Å². The van der Waals surface area contributed by atoms with Crippen molar-refractivity contribution in [3.05, 3.63) is 48.3 Å². The Morgan fingerprint density at radius 1 is 0.417 bits per heavy atom. The molecule has 4 aliphatic rings. The molecule has 8 atom stereocenters. The lowest BCUT2D eigenvalue weighted by atomic mass is 9.79. The highest BCUT2D eigenvalue weighted by molar-refractivity contribution is 8.03. The highest BCUT2D eigenvalue weighted by Crippen LogP contribution is 2.39. The van der Waals surface area contributed by atoms with Gasteiger partial charge >= 0.3 is 0 Å². The first kappa shape index (κ1) is 76.2. The predicted octanol–water partition coefficient (Wildman–Crippen LogP) is 20.5. The van der Waals surface area contributed by atoms with Crippen LogP contribution in [0, 0.1) is 76.9 Å². The van der Waals surface area contributed by atoms with E-state index in [9.17, 15) is 0 Å². The number of ether oxygens (including phenoxy) is 1. The van der Waals surface area contributed by atoms with E-state index >= 15 is 0 Å². The highest BCUT2D eigenvalue weighted by atomic mass is 32.2. The van der Waals surface area contributed by atoms with Gasteiger partial charge < -0.3 is 10.1 Å². The third kappa shape index (κ3) is 35.4. The average molecular weight is 871 g/mol. The summed E-state index contributed by atoms with van der Waals surface area (Å²) in [5.41, 5.74) is 0. The summed E-state index contributed by atoms with van der Waals surface area (Å²) < 4.78 is 5.51. The molecule has 3 heteroatoms. The molecule has 3 aliphatic heterocycles. The Morgan fingerprint density at radius 3 is 1.10 bits per heavy atom. The molecule has 3 heterocycles. The van der Waals surface area contributed by atoms with Gasteiger partial charge in [-0.15, -0.1) is 11.8 Å². The van der Waals surface area contributed by atoms with Crippen molar-refractivity contribution in [1.29, 1.82) is 0 Å². The monoisotopic (exact) mass is 870 g/mol. The van der Waals surface area contributed by atoms with Gasteiger partial charge in [0.15, 0.2) is 0 Å². The van der Waals surface area contributed by atoms with Crippen LogP contribution < -0.4 is 5.32 Å². The zero-order chi connectivity index (χ0) is 49.7. The largest absolute Gasteiger partial charge is 0.497 e. The minimum absolute atomic E-state index is 0.412. The zero-order valence-corrected chi connectivity index (χ0v) is 48.7. The maximum Gasteiger partial charge on any atom is 0.107 e. The summed E-state index contributed by atoms with van der Waals surface area (Å²) in [6, 6.07) is 0.662. The van der Waals surface area contributed by atoms with Crippen molar-refractivity contribution >= 4 is 11.8 Å². The summed E-state index contributed by atoms with van der Waals surface area (Å²) in [5.74, 6) is 9.99.